The van der Waals surface area contributed by atoms with Gasteiger partial charge in [-0.2, -0.15) is 0 Å². The van der Waals surface area contributed by atoms with E-state index in [4.69, 9.17) is 21.4 Å². The van der Waals surface area contributed by atoms with Crippen molar-refractivity contribution >= 4 is 17.4 Å². The average molecular weight is 483 g/mol. The summed E-state index contributed by atoms with van der Waals surface area (Å²) in [6, 6.07) is 9.78. The third-order valence-electron chi connectivity index (χ3n) is 7.37. The van der Waals surface area contributed by atoms with Gasteiger partial charge in [0, 0.05) is 43.2 Å². The molecule has 9 heteroatoms. The molecule has 6 rings (SSSR count). The molecule has 0 unspecified atom stereocenters. The molecule has 0 aliphatic carbocycles. The smallest absolute Gasteiger partial charge is 0.151 e. The minimum absolute atomic E-state index is 0.262. The summed E-state index contributed by atoms with van der Waals surface area (Å²) in [7, 11) is 0. The molecule has 0 amide bonds. The maximum Gasteiger partial charge on any atom is 0.151 e. The Bertz CT molecular complexity index is 1200. The molecule has 7 nitrogen and oxygen atoms in total. The van der Waals surface area contributed by atoms with Crippen LogP contribution in [0.3, 0.4) is 0 Å². The number of piperidine rings is 1. The molecule has 34 heavy (non-hydrogen) atoms. The van der Waals surface area contributed by atoms with Gasteiger partial charge < -0.3 is 9.64 Å². The van der Waals surface area contributed by atoms with Crippen molar-refractivity contribution < 1.29 is 9.13 Å². The first-order chi connectivity index (χ1) is 16.6. The van der Waals surface area contributed by atoms with Crippen LogP contribution in [0.25, 0.3) is 5.69 Å². The van der Waals surface area contributed by atoms with Gasteiger partial charge in [-0.1, -0.05) is 11.6 Å². The van der Waals surface area contributed by atoms with Crippen LogP contribution in [-0.2, 0) is 17.8 Å². The second kappa shape index (κ2) is 8.91. The molecule has 2 saturated heterocycles. The molecular weight excluding hydrogens is 455 g/mol. The Morgan fingerprint density at radius 1 is 1.06 bits per heavy atom. The largest absolute Gasteiger partial charge is 0.380 e. The second-order valence-electron chi connectivity index (χ2n) is 9.50. The van der Waals surface area contributed by atoms with Crippen molar-refractivity contribution in [2.24, 2.45) is 0 Å². The Balaban J connectivity index is 1.29. The first kappa shape index (κ1) is 21.9. The van der Waals surface area contributed by atoms with Crippen LogP contribution >= 0.6 is 11.6 Å². The maximum absolute atomic E-state index is 13.7. The SMILES string of the molecule is Cc1nc(N2CCC(c3nnc4n3-c3ccc(Cl)cc3CN([C@@H]3CCOC3)C4)CC2)ccc1F. The lowest BCUT2D eigenvalue weighted by molar-refractivity contribution is 0.133. The lowest BCUT2D eigenvalue weighted by Crippen LogP contribution is -2.34. The number of halogens is 2. The van der Waals surface area contributed by atoms with Crippen molar-refractivity contribution in [2.45, 2.75) is 51.2 Å². The van der Waals surface area contributed by atoms with Gasteiger partial charge in [-0.25, -0.2) is 9.37 Å². The zero-order valence-electron chi connectivity index (χ0n) is 19.3. The molecule has 2 fully saturated rings. The predicted molar refractivity (Wildman–Crippen MR) is 128 cm³/mol. The summed E-state index contributed by atoms with van der Waals surface area (Å²) in [5, 5.41) is 10.1. The van der Waals surface area contributed by atoms with Crippen LogP contribution < -0.4 is 4.90 Å². The van der Waals surface area contributed by atoms with E-state index in [1.807, 2.05) is 6.07 Å². The van der Waals surface area contributed by atoms with Crippen molar-refractivity contribution in [3.8, 4) is 5.69 Å². The molecule has 178 valence electrons. The zero-order chi connectivity index (χ0) is 23.2. The predicted octanol–water partition coefficient (Wildman–Crippen LogP) is 4.25. The van der Waals surface area contributed by atoms with Gasteiger partial charge >= 0.3 is 0 Å². The lowest BCUT2D eigenvalue weighted by atomic mass is 9.95. The van der Waals surface area contributed by atoms with E-state index in [2.05, 4.69) is 36.6 Å². The molecule has 3 aromatic rings. The van der Waals surface area contributed by atoms with Gasteiger partial charge in [-0.05, 0) is 62.1 Å². The minimum Gasteiger partial charge on any atom is -0.380 e. The van der Waals surface area contributed by atoms with Crippen LogP contribution in [-0.4, -0.2) is 57.0 Å². The van der Waals surface area contributed by atoms with Crippen LogP contribution in [0.1, 0.15) is 48.1 Å². The van der Waals surface area contributed by atoms with Gasteiger partial charge in [-0.3, -0.25) is 9.47 Å². The quantitative estimate of drug-likeness (QED) is 0.556. The fourth-order valence-corrected chi connectivity index (χ4v) is 5.65. The third kappa shape index (κ3) is 3.97. The normalized spacial score (nSPS) is 21.4. The highest BCUT2D eigenvalue weighted by molar-refractivity contribution is 6.30. The van der Waals surface area contributed by atoms with Gasteiger partial charge in [0.15, 0.2) is 5.82 Å². The molecule has 2 aromatic heterocycles. The number of rotatable bonds is 3. The monoisotopic (exact) mass is 482 g/mol. The summed E-state index contributed by atoms with van der Waals surface area (Å²) in [6.45, 7) is 6.54. The standard InChI is InChI=1S/C25H28ClFN6O/c1-16-21(27)3-5-23(28-16)31-9-6-17(7-10-31)25-30-29-24-14-32(20-8-11-34-15-20)13-18-12-19(26)2-4-22(18)33(24)25/h2-5,12,17,20H,6-11,13-15H2,1H3/t20-/m1/s1. The Morgan fingerprint density at radius 2 is 1.91 bits per heavy atom. The number of benzene rings is 1. The summed E-state index contributed by atoms with van der Waals surface area (Å²) in [5.41, 5.74) is 2.76. The molecule has 5 heterocycles. The number of nitrogens with zero attached hydrogens (tertiary/aromatic N) is 6. The average Bonchev–Trinajstić information content (AvgIpc) is 3.49. The van der Waals surface area contributed by atoms with E-state index in [0.717, 1.165) is 86.8 Å². The Morgan fingerprint density at radius 3 is 2.68 bits per heavy atom. The van der Waals surface area contributed by atoms with Crippen molar-refractivity contribution in [3.05, 3.63) is 64.1 Å². The van der Waals surface area contributed by atoms with E-state index in [-0.39, 0.29) is 5.82 Å². The van der Waals surface area contributed by atoms with Crippen LogP contribution in [0.15, 0.2) is 30.3 Å². The first-order valence-corrected chi connectivity index (χ1v) is 12.4. The fourth-order valence-electron chi connectivity index (χ4n) is 5.46. The molecule has 0 bridgehead atoms. The van der Waals surface area contributed by atoms with Crippen LogP contribution in [0, 0.1) is 12.7 Å². The fraction of sp³-hybridized carbons (Fsp3) is 0.480. The summed E-state index contributed by atoms with van der Waals surface area (Å²) in [5.74, 6) is 2.87. The molecule has 1 aromatic carbocycles. The number of aryl methyl sites for hydroxylation is 1. The lowest BCUT2D eigenvalue weighted by Gasteiger charge is -2.32. The molecule has 3 aliphatic rings. The van der Waals surface area contributed by atoms with Crippen molar-refractivity contribution in [1.29, 1.82) is 0 Å². The van der Waals surface area contributed by atoms with E-state index in [1.165, 1.54) is 11.6 Å². The van der Waals surface area contributed by atoms with E-state index in [9.17, 15) is 4.39 Å². The second-order valence-corrected chi connectivity index (χ2v) is 9.94. The summed E-state index contributed by atoms with van der Waals surface area (Å²) in [4.78, 5) is 9.12. The number of ether oxygens (including phenoxy) is 1. The van der Waals surface area contributed by atoms with Crippen LogP contribution in [0.2, 0.25) is 5.02 Å². The van der Waals surface area contributed by atoms with Crippen molar-refractivity contribution in [1.82, 2.24) is 24.6 Å². The highest BCUT2D eigenvalue weighted by Crippen LogP contribution is 2.35. The molecule has 1 atom stereocenters. The number of anilines is 1. The van der Waals surface area contributed by atoms with Crippen molar-refractivity contribution in [2.75, 3.05) is 31.2 Å². The van der Waals surface area contributed by atoms with Gasteiger partial charge in [0.05, 0.1) is 24.5 Å². The number of aromatic nitrogens is 4. The number of hydrogen-bond donors (Lipinski definition) is 0. The summed E-state index contributed by atoms with van der Waals surface area (Å²) >= 11 is 6.40. The van der Waals surface area contributed by atoms with E-state index in [1.54, 1.807) is 13.0 Å². The molecule has 0 saturated carbocycles. The number of pyridine rings is 1. The summed E-state index contributed by atoms with van der Waals surface area (Å²) in [6.07, 6.45) is 2.92. The minimum atomic E-state index is -0.262. The van der Waals surface area contributed by atoms with Gasteiger partial charge in [0.2, 0.25) is 0 Å². The van der Waals surface area contributed by atoms with Crippen LogP contribution in [0.5, 0.6) is 0 Å². The Labute approximate surface area is 203 Å². The molecule has 0 spiro atoms. The van der Waals surface area contributed by atoms with E-state index in [0.29, 0.717) is 17.7 Å². The topological polar surface area (TPSA) is 59.3 Å². The van der Waals surface area contributed by atoms with E-state index >= 15 is 0 Å². The zero-order valence-corrected chi connectivity index (χ0v) is 20.0. The molecule has 0 radical (unpaired) electrons. The maximum atomic E-state index is 13.7. The molecule has 0 N–H and O–H groups in total. The molecular formula is C25H28ClFN6O. The Kier molecular flexibility index (Phi) is 5.75. The van der Waals surface area contributed by atoms with Gasteiger partial charge in [-0.15, -0.1) is 10.2 Å². The van der Waals surface area contributed by atoms with E-state index < -0.39 is 0 Å². The van der Waals surface area contributed by atoms with Crippen LogP contribution in [0.4, 0.5) is 10.2 Å². The first-order valence-electron chi connectivity index (χ1n) is 12.0. The van der Waals surface area contributed by atoms with Crippen molar-refractivity contribution in [3.63, 3.8) is 0 Å². The molecule has 3 aliphatic heterocycles. The van der Waals surface area contributed by atoms with Gasteiger partial charge in [0.25, 0.3) is 0 Å². The van der Waals surface area contributed by atoms with Gasteiger partial charge in [0.1, 0.15) is 17.5 Å². The number of fused-ring (bicyclic) bond motifs is 3. The summed E-state index contributed by atoms with van der Waals surface area (Å²) < 4.78 is 21.6. The Hall–Kier alpha value is -2.55. The highest BCUT2D eigenvalue weighted by Gasteiger charge is 2.33. The highest BCUT2D eigenvalue weighted by atomic mass is 35.5. The third-order valence-corrected chi connectivity index (χ3v) is 7.60. The number of hydrogen-bond acceptors (Lipinski definition) is 6.